The molecule has 0 fully saturated rings. The molecule has 0 unspecified atom stereocenters. The molecule has 2 aromatic carbocycles. The lowest BCUT2D eigenvalue weighted by Gasteiger charge is -2.18. The van der Waals surface area contributed by atoms with Crippen LogP contribution < -0.4 is 5.73 Å². The number of benzene rings is 2. The van der Waals surface area contributed by atoms with Gasteiger partial charge in [-0.2, -0.15) is 0 Å². The van der Waals surface area contributed by atoms with E-state index in [1.807, 2.05) is 6.07 Å². The predicted molar refractivity (Wildman–Crippen MR) is 76.4 cm³/mol. The van der Waals surface area contributed by atoms with Crippen LogP contribution in [0.4, 0.5) is 9.18 Å². The van der Waals surface area contributed by atoms with Gasteiger partial charge in [0, 0.05) is 0 Å². The van der Waals surface area contributed by atoms with Gasteiger partial charge in [0.15, 0.2) is 0 Å². The van der Waals surface area contributed by atoms with Crippen molar-refractivity contribution in [1.29, 1.82) is 0 Å². The van der Waals surface area contributed by atoms with E-state index in [0.717, 1.165) is 4.90 Å². The number of rotatable bonds is 4. The third-order valence-electron chi connectivity index (χ3n) is 2.88. The summed E-state index contributed by atoms with van der Waals surface area (Å²) in [5.41, 5.74) is 6.53. The largest absolute Gasteiger partial charge is 0.351 e. The van der Waals surface area contributed by atoms with E-state index in [1.54, 1.807) is 24.3 Å². The highest BCUT2D eigenvalue weighted by atomic mass is 19.1. The highest BCUT2D eigenvalue weighted by Crippen LogP contribution is 2.10. The summed E-state index contributed by atoms with van der Waals surface area (Å²) >= 11 is 0. The Kier molecular flexibility index (Phi) is 4.66. The first-order valence-electron chi connectivity index (χ1n) is 6.31. The summed E-state index contributed by atoms with van der Waals surface area (Å²) in [6.07, 6.45) is 1.33. The molecule has 2 N–H and O–H groups in total. The number of primary amides is 1. The minimum atomic E-state index is -0.850. The zero-order chi connectivity index (χ0) is 15.2. The van der Waals surface area contributed by atoms with Crippen molar-refractivity contribution in [2.75, 3.05) is 0 Å². The molecule has 0 aliphatic heterocycles. The maximum Gasteiger partial charge on any atom is 0.321 e. The van der Waals surface area contributed by atoms with Crippen LogP contribution >= 0.6 is 0 Å². The molecule has 0 bridgehead atoms. The molecule has 0 aliphatic carbocycles. The number of hydrogen-bond donors (Lipinski definition) is 1. The molecule has 0 saturated heterocycles. The van der Waals surface area contributed by atoms with E-state index in [0.29, 0.717) is 11.1 Å². The fraction of sp³-hybridized carbons (Fsp3) is 0.0625. The molecular weight excluding hydrogens is 271 g/mol. The zero-order valence-corrected chi connectivity index (χ0v) is 11.2. The van der Waals surface area contributed by atoms with Gasteiger partial charge in [-0.1, -0.05) is 42.5 Å². The lowest BCUT2D eigenvalue weighted by atomic mass is 10.1. The van der Waals surface area contributed by atoms with Crippen molar-refractivity contribution in [1.82, 2.24) is 4.90 Å². The highest BCUT2D eigenvalue weighted by molar-refractivity contribution is 6.00. The minimum Gasteiger partial charge on any atom is -0.351 e. The van der Waals surface area contributed by atoms with Crippen LogP contribution in [0.2, 0.25) is 0 Å². The number of nitrogens with zero attached hydrogens (tertiary/aromatic N) is 1. The molecule has 3 amide bonds. The molecule has 2 aromatic rings. The molecule has 1 radical (unpaired) electrons. The summed E-state index contributed by atoms with van der Waals surface area (Å²) in [5, 5.41) is 0. The van der Waals surface area contributed by atoms with Gasteiger partial charge in [-0.15, -0.1) is 0 Å². The zero-order valence-electron chi connectivity index (χ0n) is 11.2. The summed E-state index contributed by atoms with van der Waals surface area (Å²) in [4.78, 5) is 24.5. The van der Waals surface area contributed by atoms with E-state index >= 15 is 0 Å². The van der Waals surface area contributed by atoms with Gasteiger partial charge in [0.25, 0.3) is 0 Å². The molecule has 2 rings (SSSR count). The molecule has 4 nitrogen and oxygen atoms in total. The van der Waals surface area contributed by atoms with Crippen LogP contribution in [-0.4, -0.2) is 16.8 Å². The SMILES string of the molecule is NC(=O)N(Cc1ccc(F)cc1)C(=O)[CH]c1ccccc1. The fourth-order valence-corrected chi connectivity index (χ4v) is 1.81. The Morgan fingerprint density at radius 2 is 1.67 bits per heavy atom. The smallest absolute Gasteiger partial charge is 0.321 e. The monoisotopic (exact) mass is 285 g/mol. The van der Waals surface area contributed by atoms with Gasteiger partial charge in [-0.25, -0.2) is 9.18 Å². The van der Waals surface area contributed by atoms with E-state index < -0.39 is 11.9 Å². The van der Waals surface area contributed by atoms with Gasteiger partial charge in [0.05, 0.1) is 13.0 Å². The van der Waals surface area contributed by atoms with E-state index in [1.165, 1.54) is 30.7 Å². The van der Waals surface area contributed by atoms with Crippen molar-refractivity contribution in [3.8, 4) is 0 Å². The number of carbonyl (C=O) groups excluding carboxylic acids is 2. The molecule has 0 atom stereocenters. The van der Waals surface area contributed by atoms with Crippen LogP contribution in [0.1, 0.15) is 11.1 Å². The van der Waals surface area contributed by atoms with Gasteiger partial charge in [0.2, 0.25) is 5.91 Å². The van der Waals surface area contributed by atoms with E-state index in [-0.39, 0.29) is 12.4 Å². The van der Waals surface area contributed by atoms with Crippen molar-refractivity contribution < 1.29 is 14.0 Å². The lowest BCUT2D eigenvalue weighted by Crippen LogP contribution is -2.40. The average Bonchev–Trinajstić information content (AvgIpc) is 2.47. The minimum absolute atomic E-state index is 0.00220. The van der Waals surface area contributed by atoms with Gasteiger partial charge in [0.1, 0.15) is 5.82 Å². The summed E-state index contributed by atoms with van der Waals surface area (Å²) in [6, 6.07) is 13.6. The first kappa shape index (κ1) is 14.7. The van der Waals surface area contributed by atoms with Crippen molar-refractivity contribution in [2.24, 2.45) is 5.73 Å². The Labute approximate surface area is 122 Å². The Morgan fingerprint density at radius 3 is 2.24 bits per heavy atom. The topological polar surface area (TPSA) is 63.4 Å². The second-order valence-corrected chi connectivity index (χ2v) is 4.44. The molecule has 0 aromatic heterocycles. The standard InChI is InChI=1S/C16H14FN2O2/c17-14-8-6-13(7-9-14)11-19(16(18)21)15(20)10-12-4-2-1-3-5-12/h1-10H,11H2,(H2,18,21). The number of urea groups is 1. The van der Waals surface area contributed by atoms with Crippen LogP contribution in [0.15, 0.2) is 54.6 Å². The van der Waals surface area contributed by atoms with Crippen molar-refractivity contribution in [3.63, 3.8) is 0 Å². The van der Waals surface area contributed by atoms with Gasteiger partial charge in [-0.05, 0) is 23.3 Å². The molecular formula is C16H14FN2O2. The molecule has 5 heteroatoms. The van der Waals surface area contributed by atoms with Crippen molar-refractivity contribution in [3.05, 3.63) is 78.0 Å². The van der Waals surface area contributed by atoms with Crippen LogP contribution in [-0.2, 0) is 11.3 Å². The van der Waals surface area contributed by atoms with E-state index in [2.05, 4.69) is 0 Å². The van der Waals surface area contributed by atoms with Gasteiger partial charge in [-0.3, -0.25) is 9.69 Å². The molecule has 21 heavy (non-hydrogen) atoms. The van der Waals surface area contributed by atoms with Crippen LogP contribution in [0.5, 0.6) is 0 Å². The van der Waals surface area contributed by atoms with E-state index in [4.69, 9.17) is 5.73 Å². The summed E-state index contributed by atoms with van der Waals surface area (Å²) in [5.74, 6) is -0.899. The highest BCUT2D eigenvalue weighted by Gasteiger charge is 2.19. The van der Waals surface area contributed by atoms with Crippen molar-refractivity contribution in [2.45, 2.75) is 6.54 Å². The number of carbonyl (C=O) groups is 2. The van der Waals surface area contributed by atoms with Gasteiger partial charge >= 0.3 is 6.03 Å². The number of nitrogens with two attached hydrogens (primary N) is 1. The molecule has 0 aliphatic rings. The third kappa shape index (κ3) is 4.14. The summed E-state index contributed by atoms with van der Waals surface area (Å²) in [7, 11) is 0. The lowest BCUT2D eigenvalue weighted by molar-refractivity contribution is -0.124. The number of hydrogen-bond acceptors (Lipinski definition) is 2. The number of imide groups is 1. The molecule has 0 spiro atoms. The number of halogens is 1. The van der Waals surface area contributed by atoms with Crippen LogP contribution in [0.3, 0.4) is 0 Å². The molecule has 0 heterocycles. The maximum absolute atomic E-state index is 12.9. The maximum atomic E-state index is 12.9. The van der Waals surface area contributed by atoms with Gasteiger partial charge < -0.3 is 5.73 Å². The van der Waals surface area contributed by atoms with Crippen molar-refractivity contribution >= 4 is 11.9 Å². The fourth-order valence-electron chi connectivity index (χ4n) is 1.81. The average molecular weight is 285 g/mol. The number of amides is 3. The first-order valence-corrected chi connectivity index (χ1v) is 6.31. The molecule has 0 saturated carbocycles. The first-order chi connectivity index (χ1) is 10.1. The normalized spacial score (nSPS) is 10.1. The quantitative estimate of drug-likeness (QED) is 0.938. The Balaban J connectivity index is 2.09. The predicted octanol–water partition coefficient (Wildman–Crippen LogP) is 2.49. The second kappa shape index (κ2) is 6.65. The second-order valence-electron chi connectivity index (χ2n) is 4.44. The summed E-state index contributed by atoms with van der Waals surface area (Å²) in [6.45, 7) is -0.00220. The van der Waals surface area contributed by atoms with E-state index in [9.17, 15) is 14.0 Å². The molecule has 107 valence electrons. The third-order valence-corrected chi connectivity index (χ3v) is 2.88. The Morgan fingerprint density at radius 1 is 1.05 bits per heavy atom. The summed E-state index contributed by atoms with van der Waals surface area (Å²) < 4.78 is 12.9. The van der Waals surface area contributed by atoms with Crippen LogP contribution in [0.25, 0.3) is 0 Å². The van der Waals surface area contributed by atoms with Crippen LogP contribution in [0, 0.1) is 12.2 Å². The Bertz CT molecular complexity index is 626. The Hall–Kier alpha value is -2.69.